The molecule has 11 nitrogen and oxygen atoms in total. The summed E-state index contributed by atoms with van der Waals surface area (Å²) >= 11 is 0. The number of aliphatic hydroxyl groups is 4. The van der Waals surface area contributed by atoms with Crippen molar-refractivity contribution in [2.45, 2.75) is 43.4 Å². The van der Waals surface area contributed by atoms with Crippen LogP contribution < -0.4 is 18.9 Å². The highest BCUT2D eigenvalue weighted by molar-refractivity contribution is 5.75. The van der Waals surface area contributed by atoms with Crippen molar-refractivity contribution in [1.82, 2.24) is 0 Å². The van der Waals surface area contributed by atoms with Crippen LogP contribution in [0.3, 0.4) is 0 Å². The Morgan fingerprint density at radius 1 is 0.821 bits per heavy atom. The van der Waals surface area contributed by atoms with Gasteiger partial charge in [-0.2, -0.15) is 0 Å². The third kappa shape index (κ3) is 5.78. The molecule has 4 rings (SSSR count). The Bertz CT molecular complexity index is 1150. The molecule has 2 fully saturated rings. The SMILES string of the molecule is COc1ccc(C[C@H]2COC(=O)[C@@H]2Cc2cc(OC)c(OC)c([C@@H]3O[C@H](CO)[C@@H](O)[C@H](O)[C@H]3O)c2)cc1OC. The van der Waals surface area contributed by atoms with Crippen LogP contribution in [0.5, 0.6) is 23.0 Å². The number of hydrogen-bond donors (Lipinski definition) is 4. The van der Waals surface area contributed by atoms with E-state index < -0.39 is 43.0 Å². The second-order valence-electron chi connectivity index (χ2n) is 9.76. The first kappa shape index (κ1) is 28.9. The van der Waals surface area contributed by atoms with Gasteiger partial charge in [0.1, 0.15) is 30.5 Å². The fraction of sp³-hybridized carbons (Fsp3) is 0.536. The van der Waals surface area contributed by atoms with E-state index in [1.807, 2.05) is 18.2 Å². The zero-order chi connectivity index (χ0) is 28.3. The van der Waals surface area contributed by atoms with Crippen LogP contribution in [0.4, 0.5) is 0 Å². The molecule has 11 heteroatoms. The number of cyclic esters (lactones) is 1. The largest absolute Gasteiger partial charge is 0.493 e. The maximum Gasteiger partial charge on any atom is 0.309 e. The van der Waals surface area contributed by atoms with Gasteiger partial charge in [-0.1, -0.05) is 6.07 Å². The molecule has 0 aliphatic carbocycles. The molecule has 7 atom stereocenters. The number of hydrogen-bond acceptors (Lipinski definition) is 11. The van der Waals surface area contributed by atoms with Crippen molar-refractivity contribution in [3.63, 3.8) is 0 Å². The van der Waals surface area contributed by atoms with Crippen molar-refractivity contribution in [2.24, 2.45) is 11.8 Å². The van der Waals surface area contributed by atoms with E-state index in [0.29, 0.717) is 41.2 Å². The van der Waals surface area contributed by atoms with Gasteiger partial charge in [-0.15, -0.1) is 0 Å². The van der Waals surface area contributed by atoms with Crippen molar-refractivity contribution in [3.8, 4) is 23.0 Å². The first-order chi connectivity index (χ1) is 18.8. The second kappa shape index (κ2) is 12.4. The third-order valence-electron chi connectivity index (χ3n) is 7.48. The predicted octanol–water partition coefficient (Wildman–Crippen LogP) is 0.810. The fourth-order valence-corrected chi connectivity index (χ4v) is 5.36. The Kier molecular flexibility index (Phi) is 9.19. The Hall–Kier alpha value is -3.09. The Balaban J connectivity index is 1.64. The Morgan fingerprint density at radius 2 is 1.51 bits per heavy atom. The summed E-state index contributed by atoms with van der Waals surface area (Å²) in [6, 6.07) is 9.08. The molecule has 0 unspecified atom stereocenters. The highest BCUT2D eigenvalue weighted by Crippen LogP contribution is 2.43. The van der Waals surface area contributed by atoms with Crippen LogP contribution >= 0.6 is 0 Å². The summed E-state index contributed by atoms with van der Waals surface area (Å²) in [7, 11) is 6.02. The molecule has 0 bridgehead atoms. The molecule has 0 radical (unpaired) electrons. The molecule has 0 saturated carbocycles. The minimum atomic E-state index is -1.56. The molecule has 39 heavy (non-hydrogen) atoms. The molecular weight excluding hydrogens is 512 g/mol. The van der Waals surface area contributed by atoms with Crippen molar-refractivity contribution in [1.29, 1.82) is 0 Å². The van der Waals surface area contributed by atoms with E-state index in [1.54, 1.807) is 26.4 Å². The Labute approximate surface area is 226 Å². The van der Waals surface area contributed by atoms with Gasteiger partial charge in [0.25, 0.3) is 0 Å². The number of rotatable bonds is 10. The standard InChI is InChI=1S/C28H36O11/c1-34-19-6-5-14(10-20(19)35-2)7-16-13-38-28(33)17(16)8-15-9-18(26(37-4)21(11-15)36-3)27-25(32)24(31)23(30)22(12-29)39-27/h5-6,9-11,16-17,22-25,27,29-32H,7-8,12-13H2,1-4H3/t16-,17+,22+,23+,24-,25+,27-/m0/s1. The van der Waals surface area contributed by atoms with Gasteiger partial charge in [-0.25, -0.2) is 0 Å². The molecule has 4 N–H and O–H groups in total. The predicted molar refractivity (Wildman–Crippen MR) is 137 cm³/mol. The Morgan fingerprint density at radius 3 is 2.15 bits per heavy atom. The number of carbonyl (C=O) groups excluding carboxylic acids is 1. The first-order valence-corrected chi connectivity index (χ1v) is 12.7. The molecule has 0 spiro atoms. The highest BCUT2D eigenvalue weighted by atomic mass is 16.6. The summed E-state index contributed by atoms with van der Waals surface area (Å²) in [5, 5.41) is 41.0. The maximum absolute atomic E-state index is 12.8. The number of benzene rings is 2. The summed E-state index contributed by atoms with van der Waals surface area (Å²) in [4.78, 5) is 12.8. The van der Waals surface area contributed by atoms with Gasteiger partial charge in [0.15, 0.2) is 23.0 Å². The summed E-state index contributed by atoms with van der Waals surface area (Å²) in [6.45, 7) is -0.295. The molecule has 0 amide bonds. The van der Waals surface area contributed by atoms with E-state index in [2.05, 4.69) is 0 Å². The van der Waals surface area contributed by atoms with Gasteiger partial charge in [-0.05, 0) is 48.2 Å². The van der Waals surface area contributed by atoms with E-state index in [4.69, 9.17) is 28.4 Å². The number of carbonyl (C=O) groups is 1. The molecule has 2 aliphatic heterocycles. The summed E-state index contributed by atoms with van der Waals surface area (Å²) in [5.41, 5.74) is 2.02. The van der Waals surface area contributed by atoms with Gasteiger partial charge >= 0.3 is 5.97 Å². The van der Waals surface area contributed by atoms with Gasteiger partial charge in [-0.3, -0.25) is 4.79 Å². The van der Waals surface area contributed by atoms with Crippen LogP contribution in [0.2, 0.25) is 0 Å². The molecule has 2 aromatic rings. The topological polar surface area (TPSA) is 153 Å². The lowest BCUT2D eigenvalue weighted by molar-refractivity contribution is -0.232. The number of methoxy groups -OCH3 is 4. The zero-order valence-electron chi connectivity index (χ0n) is 22.4. The van der Waals surface area contributed by atoms with Crippen molar-refractivity contribution < 1.29 is 53.6 Å². The van der Waals surface area contributed by atoms with Crippen LogP contribution in [0.25, 0.3) is 0 Å². The molecule has 0 aromatic heterocycles. The van der Waals surface area contributed by atoms with Crippen LogP contribution in [0.15, 0.2) is 30.3 Å². The van der Waals surface area contributed by atoms with Crippen molar-refractivity contribution >= 4 is 5.97 Å². The average Bonchev–Trinajstić information content (AvgIpc) is 3.29. The van der Waals surface area contributed by atoms with Crippen molar-refractivity contribution in [2.75, 3.05) is 41.7 Å². The van der Waals surface area contributed by atoms with Gasteiger partial charge in [0, 0.05) is 11.5 Å². The van der Waals surface area contributed by atoms with E-state index in [1.165, 1.54) is 14.2 Å². The smallest absolute Gasteiger partial charge is 0.309 e. The van der Waals surface area contributed by atoms with Crippen molar-refractivity contribution in [3.05, 3.63) is 47.0 Å². The number of ether oxygens (including phenoxy) is 6. The van der Waals surface area contributed by atoms with Crippen LogP contribution in [0, 0.1) is 11.8 Å². The maximum atomic E-state index is 12.8. The van der Waals surface area contributed by atoms with Crippen LogP contribution in [-0.2, 0) is 27.1 Å². The number of esters is 1. The summed E-state index contributed by atoms with van der Waals surface area (Å²) in [5.74, 6) is 0.928. The lowest BCUT2D eigenvalue weighted by Crippen LogP contribution is -2.55. The summed E-state index contributed by atoms with van der Waals surface area (Å²) < 4.78 is 33.0. The minimum absolute atomic E-state index is 0.112. The van der Waals surface area contributed by atoms with E-state index in [0.717, 1.165) is 5.56 Å². The third-order valence-corrected chi connectivity index (χ3v) is 7.48. The van der Waals surface area contributed by atoms with E-state index in [9.17, 15) is 25.2 Å². The quantitative estimate of drug-likeness (QED) is 0.312. The van der Waals surface area contributed by atoms with Crippen LogP contribution in [0.1, 0.15) is 22.8 Å². The minimum Gasteiger partial charge on any atom is -0.493 e. The van der Waals surface area contributed by atoms with Crippen LogP contribution in [-0.4, -0.2) is 92.5 Å². The van der Waals surface area contributed by atoms with E-state index >= 15 is 0 Å². The fourth-order valence-electron chi connectivity index (χ4n) is 5.36. The van der Waals surface area contributed by atoms with E-state index in [-0.39, 0.29) is 24.2 Å². The molecule has 2 heterocycles. The second-order valence-corrected chi connectivity index (χ2v) is 9.76. The number of aliphatic hydroxyl groups excluding tert-OH is 4. The highest BCUT2D eigenvalue weighted by Gasteiger charge is 2.45. The lowest BCUT2D eigenvalue weighted by Gasteiger charge is -2.40. The molecule has 2 aliphatic rings. The van der Waals surface area contributed by atoms with Gasteiger partial charge in [0.05, 0.1) is 47.6 Å². The molecule has 2 saturated heterocycles. The monoisotopic (exact) mass is 548 g/mol. The van der Waals surface area contributed by atoms with Gasteiger partial charge in [0.2, 0.25) is 0 Å². The molecular formula is C28H36O11. The molecule has 214 valence electrons. The van der Waals surface area contributed by atoms with Gasteiger partial charge < -0.3 is 48.8 Å². The first-order valence-electron chi connectivity index (χ1n) is 12.7. The normalized spacial score (nSPS) is 28.6. The summed E-state index contributed by atoms with van der Waals surface area (Å²) in [6.07, 6.45) is -5.92. The zero-order valence-corrected chi connectivity index (χ0v) is 22.4. The lowest BCUT2D eigenvalue weighted by atomic mass is 9.83. The molecule has 2 aromatic carbocycles. The average molecular weight is 549 g/mol.